The molecule has 2 bridgehead atoms. The third kappa shape index (κ3) is 4.39. The summed E-state index contributed by atoms with van der Waals surface area (Å²) in [5.74, 6) is 2.27. The van der Waals surface area contributed by atoms with Crippen LogP contribution in [0.5, 0.6) is 0 Å². The maximum Gasteiger partial charge on any atom is 0.240 e. The number of carbonyl (C=O) groups excluding carboxylic acids is 1. The molecule has 0 saturated carbocycles. The van der Waals surface area contributed by atoms with Crippen LogP contribution < -0.4 is 10.2 Å². The summed E-state index contributed by atoms with van der Waals surface area (Å²) in [7, 11) is 2.04. The van der Waals surface area contributed by atoms with Crippen LogP contribution in [0, 0.1) is 0 Å². The molecule has 0 spiro atoms. The average Bonchev–Trinajstić information content (AvgIpc) is 3.67. The molecule has 0 radical (unpaired) electrons. The van der Waals surface area contributed by atoms with Gasteiger partial charge < -0.3 is 20.2 Å². The van der Waals surface area contributed by atoms with Crippen molar-refractivity contribution in [2.75, 3.05) is 30.4 Å². The molecule has 2 atom stereocenters. The Bertz CT molecular complexity index is 1410. The van der Waals surface area contributed by atoms with Gasteiger partial charge >= 0.3 is 0 Å². The van der Waals surface area contributed by atoms with Crippen molar-refractivity contribution >= 4 is 34.4 Å². The van der Waals surface area contributed by atoms with E-state index in [9.17, 15) is 9.90 Å². The Hall–Kier alpha value is -3.37. The van der Waals surface area contributed by atoms with Crippen molar-refractivity contribution in [2.24, 2.45) is 0 Å². The van der Waals surface area contributed by atoms with Gasteiger partial charge in [0.05, 0.1) is 17.8 Å². The van der Waals surface area contributed by atoms with Gasteiger partial charge in [-0.05, 0) is 76.7 Å². The Balaban J connectivity index is 1.14. The Morgan fingerprint density at radius 1 is 1.08 bits per heavy atom. The Morgan fingerprint density at radius 2 is 1.87 bits per heavy atom. The second-order valence-corrected chi connectivity index (χ2v) is 11.6. The highest BCUT2D eigenvalue weighted by atomic mass is 16.3. The third-order valence-corrected chi connectivity index (χ3v) is 9.10. The number of hydrogen-bond donors (Lipinski definition) is 2. The van der Waals surface area contributed by atoms with E-state index in [0.717, 1.165) is 53.8 Å². The van der Waals surface area contributed by atoms with Gasteiger partial charge in [0.15, 0.2) is 5.82 Å². The zero-order valence-electron chi connectivity index (χ0n) is 22.7. The summed E-state index contributed by atoms with van der Waals surface area (Å²) in [4.78, 5) is 38.9. The molecule has 10 nitrogen and oxygen atoms in total. The van der Waals surface area contributed by atoms with Crippen LogP contribution in [0.2, 0.25) is 0 Å². The number of amides is 1. The predicted molar refractivity (Wildman–Crippen MR) is 149 cm³/mol. The van der Waals surface area contributed by atoms with E-state index in [1.807, 2.05) is 30.3 Å². The van der Waals surface area contributed by atoms with Crippen LogP contribution in [0.15, 0.2) is 24.4 Å². The summed E-state index contributed by atoms with van der Waals surface area (Å²) in [5, 5.41) is 14.5. The van der Waals surface area contributed by atoms with Gasteiger partial charge in [-0.15, -0.1) is 0 Å². The number of likely N-dealkylation sites (N-methyl/N-ethyl adjacent to an activating group) is 1. The third-order valence-electron chi connectivity index (χ3n) is 9.10. The van der Waals surface area contributed by atoms with Crippen molar-refractivity contribution in [3.05, 3.63) is 41.3 Å². The van der Waals surface area contributed by atoms with Gasteiger partial charge in [-0.2, -0.15) is 0 Å². The number of fused-ring (bicyclic) bond motifs is 4. The Labute approximate surface area is 228 Å². The molecular formula is C29H36N8O2. The van der Waals surface area contributed by atoms with Crippen LogP contribution in [0.4, 0.5) is 17.6 Å². The van der Waals surface area contributed by atoms with Crippen LogP contribution in [0.1, 0.15) is 68.5 Å². The topological polar surface area (TPSA) is 111 Å². The second-order valence-electron chi connectivity index (χ2n) is 11.6. The fraction of sp³-hybridized carbons (Fsp3) is 0.552. The first kappa shape index (κ1) is 24.7. The summed E-state index contributed by atoms with van der Waals surface area (Å²) < 4.78 is 0. The summed E-state index contributed by atoms with van der Waals surface area (Å²) in [6.07, 6.45) is 8.65. The van der Waals surface area contributed by atoms with Gasteiger partial charge in [0.1, 0.15) is 11.3 Å². The monoisotopic (exact) mass is 528 g/mol. The molecule has 39 heavy (non-hydrogen) atoms. The molecule has 1 amide bonds. The van der Waals surface area contributed by atoms with Gasteiger partial charge in [-0.1, -0.05) is 6.07 Å². The van der Waals surface area contributed by atoms with Crippen LogP contribution in [-0.4, -0.2) is 79.0 Å². The first-order valence-electron chi connectivity index (χ1n) is 14.3. The van der Waals surface area contributed by atoms with E-state index < -0.39 is 6.10 Å². The van der Waals surface area contributed by atoms with Gasteiger partial charge in [0.25, 0.3) is 0 Å². The number of aliphatic hydroxyl groups excluding tert-OH is 1. The number of aromatic nitrogens is 4. The minimum atomic E-state index is -0.656. The average molecular weight is 529 g/mol. The molecule has 3 aromatic heterocycles. The number of hydrogen-bond acceptors (Lipinski definition) is 9. The normalized spacial score (nSPS) is 25.4. The minimum absolute atomic E-state index is 0.0114. The first-order valence-corrected chi connectivity index (χ1v) is 14.3. The number of likely N-dealkylation sites (tertiary alicyclic amines) is 1. The SMILES string of the molecule is CC(O)c1cc2cnc(Nc3ccc4c(n3)CCN(C(=O)[C@H]3CCCN3C)C4)nc2c(N2C3CCC2CC3)n1. The molecule has 2 N–H and O–H groups in total. The van der Waals surface area contributed by atoms with Gasteiger partial charge in [0, 0.05) is 48.9 Å². The molecule has 4 aliphatic rings. The van der Waals surface area contributed by atoms with Crippen molar-refractivity contribution in [1.82, 2.24) is 29.7 Å². The molecule has 4 aliphatic heterocycles. The number of anilines is 3. The molecule has 7 heterocycles. The molecule has 0 aromatic carbocycles. The predicted octanol–water partition coefficient (Wildman–Crippen LogP) is 3.33. The molecule has 7 rings (SSSR count). The molecule has 204 valence electrons. The summed E-state index contributed by atoms with van der Waals surface area (Å²) >= 11 is 0. The van der Waals surface area contributed by atoms with E-state index >= 15 is 0 Å². The summed E-state index contributed by atoms with van der Waals surface area (Å²) in [6, 6.07) is 6.88. The molecule has 3 saturated heterocycles. The number of nitrogens with zero attached hydrogens (tertiary/aromatic N) is 7. The smallest absolute Gasteiger partial charge is 0.240 e. The first-order chi connectivity index (χ1) is 18.9. The Kier molecular flexibility index (Phi) is 6.12. The van der Waals surface area contributed by atoms with Crippen LogP contribution in [0.25, 0.3) is 10.9 Å². The number of pyridine rings is 2. The molecule has 0 aliphatic carbocycles. The van der Waals surface area contributed by atoms with Gasteiger partial charge in [0.2, 0.25) is 11.9 Å². The number of nitrogens with one attached hydrogen (secondary N) is 1. The van der Waals surface area contributed by atoms with E-state index in [1.165, 1.54) is 25.7 Å². The molecule has 10 heteroatoms. The van der Waals surface area contributed by atoms with Crippen LogP contribution >= 0.6 is 0 Å². The van der Waals surface area contributed by atoms with E-state index in [1.54, 1.807) is 6.92 Å². The fourth-order valence-corrected chi connectivity index (χ4v) is 6.98. The quantitative estimate of drug-likeness (QED) is 0.515. The molecule has 3 fully saturated rings. The van der Waals surface area contributed by atoms with Crippen LogP contribution in [0.3, 0.4) is 0 Å². The lowest BCUT2D eigenvalue weighted by Gasteiger charge is -2.32. The lowest BCUT2D eigenvalue weighted by molar-refractivity contribution is -0.136. The standard InChI is InChI=1S/C29H36N8O2/c1-17(38)23-14-19-15-30-29(34-26(19)27(32-23)37-20-6-7-21(37)9-8-20)33-25-10-5-18-16-36(13-11-22(18)31-25)28(39)24-4-3-12-35(24)2/h5,10,14-15,17,20-21,24,38H,3-4,6-9,11-13,16H2,1-2H3,(H,30,31,33,34)/t17?,20?,21?,24-/m1/s1. The molecule has 1 unspecified atom stereocenters. The fourth-order valence-electron chi connectivity index (χ4n) is 6.98. The lowest BCUT2D eigenvalue weighted by Crippen LogP contribution is -2.46. The van der Waals surface area contributed by atoms with E-state index in [2.05, 4.69) is 26.2 Å². The summed E-state index contributed by atoms with van der Waals surface area (Å²) in [6.45, 7) is 4.04. The van der Waals surface area contributed by atoms with E-state index in [0.29, 0.717) is 42.6 Å². The van der Waals surface area contributed by atoms with Crippen molar-refractivity contribution in [3.63, 3.8) is 0 Å². The highest BCUT2D eigenvalue weighted by Crippen LogP contribution is 2.42. The van der Waals surface area contributed by atoms with Gasteiger partial charge in [-0.25, -0.2) is 19.9 Å². The lowest BCUT2D eigenvalue weighted by atomic mass is 10.0. The maximum atomic E-state index is 13.1. The van der Waals surface area contributed by atoms with Crippen molar-refractivity contribution < 1.29 is 9.90 Å². The maximum absolute atomic E-state index is 13.1. The van der Waals surface area contributed by atoms with Crippen molar-refractivity contribution in [2.45, 2.75) is 82.6 Å². The summed E-state index contributed by atoms with van der Waals surface area (Å²) in [5.41, 5.74) is 3.57. The van der Waals surface area contributed by atoms with E-state index in [4.69, 9.17) is 15.0 Å². The zero-order chi connectivity index (χ0) is 26.7. The molecular weight excluding hydrogens is 492 g/mol. The van der Waals surface area contributed by atoms with Crippen molar-refractivity contribution in [3.8, 4) is 0 Å². The molecule has 3 aromatic rings. The zero-order valence-corrected chi connectivity index (χ0v) is 22.7. The van der Waals surface area contributed by atoms with Gasteiger partial charge in [-0.3, -0.25) is 9.69 Å². The second kappa shape index (κ2) is 9.67. The van der Waals surface area contributed by atoms with Crippen LogP contribution in [-0.2, 0) is 17.8 Å². The number of aliphatic hydroxyl groups is 1. The van der Waals surface area contributed by atoms with E-state index in [-0.39, 0.29) is 11.9 Å². The highest BCUT2D eigenvalue weighted by Gasteiger charge is 2.41. The minimum Gasteiger partial charge on any atom is -0.387 e. The number of carbonyl (C=O) groups is 1. The van der Waals surface area contributed by atoms with Crippen molar-refractivity contribution in [1.29, 1.82) is 0 Å². The Morgan fingerprint density at radius 3 is 2.59 bits per heavy atom. The number of rotatable bonds is 5. The largest absolute Gasteiger partial charge is 0.387 e. The highest BCUT2D eigenvalue weighted by molar-refractivity contribution is 5.90.